The Labute approximate surface area is 210 Å². The third kappa shape index (κ3) is 6.33. The molecule has 0 bridgehead atoms. The third-order valence-electron chi connectivity index (χ3n) is 7.19. The second-order valence-corrected chi connectivity index (χ2v) is 12.4. The fourth-order valence-electron chi connectivity index (χ4n) is 4.84. The highest BCUT2D eigenvalue weighted by molar-refractivity contribution is 8.03. The smallest absolute Gasteiger partial charge is 0.323 e. The number of carbonyl (C=O) groups excluding carboxylic acids is 1. The number of unbranched alkanes of at least 4 members (excludes halogenated alkanes) is 1. The second-order valence-electron chi connectivity index (χ2n) is 9.72. The molecule has 1 aromatic carbocycles. The van der Waals surface area contributed by atoms with E-state index in [1.54, 1.807) is 6.20 Å². The molecule has 2 aromatic rings. The van der Waals surface area contributed by atoms with Gasteiger partial charge in [0.2, 0.25) is 0 Å². The summed E-state index contributed by atoms with van der Waals surface area (Å²) in [5.74, 6) is -0.0261. The van der Waals surface area contributed by atoms with E-state index in [1.165, 1.54) is 28.7 Å². The van der Waals surface area contributed by atoms with Crippen molar-refractivity contribution >= 4 is 40.2 Å². The quantitative estimate of drug-likeness (QED) is 0.355. The zero-order valence-corrected chi connectivity index (χ0v) is 21.5. The summed E-state index contributed by atoms with van der Waals surface area (Å²) in [4.78, 5) is 31.4. The maximum atomic E-state index is 13.3. The maximum absolute atomic E-state index is 13.3. The van der Waals surface area contributed by atoms with Crippen molar-refractivity contribution in [2.45, 2.75) is 86.1 Å². The first-order chi connectivity index (χ1) is 16.4. The van der Waals surface area contributed by atoms with Gasteiger partial charge in [0.25, 0.3) is 0 Å². The standard InChI is InChI=1S/C26H35N3O3S2/c1-19-11-13-21(14-12-19)29(17-6-5-10-20-8-3-2-4-9-20)25(32)28-24-27-18-22(33-24)34-26(23(30)31)15-7-16-26/h2-4,8-9,18-19,21H,5-7,10-17H2,1H3,(H,30,31)(H,27,28,32)/t19-,21-. The molecule has 4 rings (SSSR count). The highest BCUT2D eigenvalue weighted by atomic mass is 32.2. The number of aryl methyl sites for hydroxylation is 1. The molecular formula is C26H35N3O3S2. The van der Waals surface area contributed by atoms with E-state index in [4.69, 9.17) is 0 Å². The fraction of sp³-hybridized carbons (Fsp3) is 0.577. The van der Waals surface area contributed by atoms with Crippen LogP contribution in [-0.4, -0.2) is 44.3 Å². The van der Waals surface area contributed by atoms with Crippen molar-refractivity contribution in [1.82, 2.24) is 9.88 Å². The number of nitrogens with one attached hydrogen (secondary N) is 1. The van der Waals surface area contributed by atoms with Gasteiger partial charge in [-0.2, -0.15) is 0 Å². The SMILES string of the molecule is C[C@H]1CC[C@H](N(CCCCc2ccccc2)C(=O)Nc2ncc(SC3(C(=O)O)CCC3)s2)CC1. The fourth-order valence-corrected chi connectivity index (χ4v) is 7.33. The molecule has 2 aliphatic carbocycles. The minimum absolute atomic E-state index is 0.0817. The lowest BCUT2D eigenvalue weighted by atomic mass is 9.84. The Balaban J connectivity index is 1.35. The lowest BCUT2D eigenvalue weighted by Crippen LogP contribution is -2.45. The minimum Gasteiger partial charge on any atom is -0.480 e. The molecule has 34 heavy (non-hydrogen) atoms. The summed E-state index contributed by atoms with van der Waals surface area (Å²) in [7, 11) is 0. The highest BCUT2D eigenvalue weighted by Gasteiger charge is 2.46. The largest absolute Gasteiger partial charge is 0.480 e. The Bertz CT molecular complexity index is 953. The molecule has 6 nitrogen and oxygen atoms in total. The van der Waals surface area contributed by atoms with Crippen LogP contribution in [0.25, 0.3) is 0 Å². The summed E-state index contributed by atoms with van der Waals surface area (Å²) in [6.45, 7) is 3.04. The first-order valence-electron chi connectivity index (χ1n) is 12.4. The Kier molecular flexibility index (Phi) is 8.53. The van der Waals surface area contributed by atoms with Crippen LogP contribution in [-0.2, 0) is 11.2 Å². The number of hydrogen-bond donors (Lipinski definition) is 2. The number of thiazole rings is 1. The van der Waals surface area contributed by atoms with Gasteiger partial charge in [-0.05, 0) is 75.7 Å². The number of carbonyl (C=O) groups is 2. The monoisotopic (exact) mass is 501 g/mol. The van der Waals surface area contributed by atoms with Crippen molar-refractivity contribution < 1.29 is 14.7 Å². The Hall–Kier alpha value is -2.06. The first kappa shape index (κ1) is 25.0. The molecule has 0 unspecified atom stereocenters. The van der Waals surface area contributed by atoms with Crippen molar-refractivity contribution in [3.8, 4) is 0 Å². The zero-order chi connectivity index (χ0) is 24.0. The number of nitrogens with zero attached hydrogens (tertiary/aromatic N) is 2. The van der Waals surface area contributed by atoms with E-state index in [1.807, 2.05) is 11.0 Å². The summed E-state index contributed by atoms with van der Waals surface area (Å²) < 4.78 is 0.121. The Morgan fingerprint density at radius 3 is 2.56 bits per heavy atom. The summed E-state index contributed by atoms with van der Waals surface area (Å²) in [5, 5.41) is 13.2. The number of urea groups is 1. The van der Waals surface area contributed by atoms with Crippen LogP contribution in [0.5, 0.6) is 0 Å². The maximum Gasteiger partial charge on any atom is 0.323 e. The number of thioether (sulfide) groups is 1. The summed E-state index contributed by atoms with van der Waals surface area (Å²) >= 11 is 2.75. The second kappa shape index (κ2) is 11.6. The molecule has 1 aromatic heterocycles. The number of aromatic nitrogens is 1. The van der Waals surface area contributed by atoms with Gasteiger partial charge in [-0.15, -0.1) is 0 Å². The van der Waals surface area contributed by atoms with Crippen molar-refractivity contribution in [3.05, 3.63) is 42.1 Å². The molecule has 8 heteroatoms. The van der Waals surface area contributed by atoms with E-state index < -0.39 is 10.7 Å². The molecule has 0 saturated heterocycles. The van der Waals surface area contributed by atoms with Gasteiger partial charge in [-0.1, -0.05) is 60.4 Å². The number of aliphatic carboxylic acids is 1. The third-order valence-corrected chi connectivity index (χ3v) is 9.68. The van der Waals surface area contributed by atoms with Crippen molar-refractivity contribution in [3.63, 3.8) is 0 Å². The minimum atomic E-state index is -0.754. The molecule has 1 heterocycles. The zero-order valence-electron chi connectivity index (χ0n) is 19.9. The van der Waals surface area contributed by atoms with Crippen LogP contribution in [0.3, 0.4) is 0 Å². The average molecular weight is 502 g/mol. The molecule has 0 atom stereocenters. The number of carboxylic acid groups (broad SMARTS) is 1. The van der Waals surface area contributed by atoms with Crippen LogP contribution < -0.4 is 5.32 Å². The summed E-state index contributed by atoms with van der Waals surface area (Å²) in [6, 6.07) is 10.7. The van der Waals surface area contributed by atoms with Crippen LogP contribution in [0, 0.1) is 5.92 Å². The van der Waals surface area contributed by atoms with Gasteiger partial charge in [-0.3, -0.25) is 10.1 Å². The molecular weight excluding hydrogens is 466 g/mol. The van der Waals surface area contributed by atoms with Crippen LogP contribution in [0.1, 0.15) is 70.3 Å². The molecule has 0 radical (unpaired) electrons. The van der Waals surface area contributed by atoms with E-state index in [2.05, 4.69) is 41.5 Å². The van der Waals surface area contributed by atoms with E-state index in [0.717, 1.165) is 68.0 Å². The highest BCUT2D eigenvalue weighted by Crippen LogP contribution is 2.49. The Morgan fingerprint density at radius 2 is 1.91 bits per heavy atom. The van der Waals surface area contributed by atoms with Gasteiger partial charge in [0.15, 0.2) is 5.13 Å². The van der Waals surface area contributed by atoms with E-state index in [0.29, 0.717) is 18.0 Å². The molecule has 2 saturated carbocycles. The van der Waals surface area contributed by atoms with Gasteiger partial charge in [-0.25, -0.2) is 9.78 Å². The predicted molar refractivity (Wildman–Crippen MR) is 139 cm³/mol. The molecule has 2 aliphatic rings. The number of rotatable bonds is 10. The van der Waals surface area contributed by atoms with Crippen LogP contribution in [0.15, 0.2) is 40.7 Å². The molecule has 2 amide bonds. The normalized spacial score (nSPS) is 21.4. The van der Waals surface area contributed by atoms with Crippen molar-refractivity contribution in [1.29, 1.82) is 0 Å². The van der Waals surface area contributed by atoms with Crippen molar-refractivity contribution in [2.24, 2.45) is 5.92 Å². The van der Waals surface area contributed by atoms with Crippen LogP contribution in [0.2, 0.25) is 0 Å². The molecule has 0 aliphatic heterocycles. The van der Waals surface area contributed by atoms with E-state index in [-0.39, 0.29) is 12.1 Å². The van der Waals surface area contributed by atoms with E-state index >= 15 is 0 Å². The number of anilines is 1. The van der Waals surface area contributed by atoms with Gasteiger partial charge in [0.1, 0.15) is 4.75 Å². The first-order valence-corrected chi connectivity index (χ1v) is 14.1. The molecule has 2 fully saturated rings. The van der Waals surface area contributed by atoms with Gasteiger partial charge < -0.3 is 10.0 Å². The van der Waals surface area contributed by atoms with Crippen molar-refractivity contribution in [2.75, 3.05) is 11.9 Å². The molecule has 0 spiro atoms. The van der Waals surface area contributed by atoms with Crippen LogP contribution in [0.4, 0.5) is 9.93 Å². The van der Waals surface area contributed by atoms with Gasteiger partial charge >= 0.3 is 12.0 Å². The molecule has 184 valence electrons. The molecule has 2 N–H and O–H groups in total. The number of carboxylic acids is 1. The Morgan fingerprint density at radius 1 is 1.18 bits per heavy atom. The van der Waals surface area contributed by atoms with Gasteiger partial charge in [0.05, 0.1) is 10.4 Å². The number of amides is 2. The van der Waals surface area contributed by atoms with Gasteiger partial charge in [0, 0.05) is 12.6 Å². The summed E-state index contributed by atoms with van der Waals surface area (Å²) in [5.41, 5.74) is 1.34. The lowest BCUT2D eigenvalue weighted by molar-refractivity contribution is -0.142. The topological polar surface area (TPSA) is 82.5 Å². The average Bonchev–Trinajstić information content (AvgIpc) is 3.24. The lowest BCUT2D eigenvalue weighted by Gasteiger charge is -2.36. The van der Waals surface area contributed by atoms with E-state index in [9.17, 15) is 14.7 Å². The summed E-state index contributed by atoms with van der Waals surface area (Å²) in [6.07, 6.45) is 11.5. The number of hydrogen-bond acceptors (Lipinski definition) is 5. The number of benzene rings is 1. The van der Waals surface area contributed by atoms with Crippen LogP contribution >= 0.6 is 23.1 Å². The predicted octanol–water partition coefficient (Wildman–Crippen LogP) is 6.68.